The van der Waals surface area contributed by atoms with Crippen molar-refractivity contribution in [2.45, 2.75) is 50.9 Å². The molecule has 7 heteroatoms. The molecule has 4 nitrogen and oxygen atoms in total. The van der Waals surface area contributed by atoms with E-state index in [1.807, 2.05) is 18.2 Å². The highest BCUT2D eigenvalue weighted by Crippen LogP contribution is 2.43. The lowest BCUT2D eigenvalue weighted by atomic mass is 9.75. The van der Waals surface area contributed by atoms with Crippen molar-refractivity contribution in [3.8, 4) is 0 Å². The standard InChI is InChI=1S/C10H13F3O3.C8H11N/c1-6-4-2-3-5-7(6)9(16,8(14)15)10(11,12)13;1-7(9)8-5-3-2-4-6-8/h4,7,16H,2-3,5H2,1H3,(H,14,15);2-7H,9H2,1H3/t7-,9-;7-/m10/s1. The third-order valence-corrected chi connectivity index (χ3v) is 4.33. The van der Waals surface area contributed by atoms with Gasteiger partial charge in [0.05, 0.1) is 5.97 Å². The minimum Gasteiger partial charge on any atom is -0.547 e. The van der Waals surface area contributed by atoms with E-state index in [1.165, 1.54) is 18.6 Å². The van der Waals surface area contributed by atoms with Crippen LogP contribution in [-0.4, -0.2) is 22.9 Å². The quantitative estimate of drug-likeness (QED) is 0.806. The number of halogens is 3. The number of rotatable bonds is 3. The average molecular weight is 359 g/mol. The zero-order chi connectivity index (χ0) is 19.3. The molecular formula is C18H24F3NO3. The molecule has 2 rings (SSSR count). The van der Waals surface area contributed by atoms with Crippen molar-refractivity contribution in [2.24, 2.45) is 5.92 Å². The molecule has 3 atom stereocenters. The number of allylic oxidation sites excluding steroid dienone is 1. The average Bonchev–Trinajstić information content (AvgIpc) is 2.54. The molecule has 4 N–H and O–H groups in total. The first-order valence-electron chi connectivity index (χ1n) is 8.07. The Hall–Kier alpha value is -1.86. The van der Waals surface area contributed by atoms with Gasteiger partial charge < -0.3 is 20.7 Å². The Morgan fingerprint density at radius 1 is 1.32 bits per heavy atom. The van der Waals surface area contributed by atoms with Crippen molar-refractivity contribution in [3.05, 3.63) is 47.5 Å². The third-order valence-electron chi connectivity index (χ3n) is 4.33. The van der Waals surface area contributed by atoms with Crippen LogP contribution < -0.4 is 10.8 Å². The molecule has 0 fully saturated rings. The number of carbonyl (C=O) groups excluding carboxylic acids is 1. The van der Waals surface area contributed by atoms with E-state index >= 15 is 0 Å². The molecular weight excluding hydrogens is 335 g/mol. The van der Waals surface area contributed by atoms with Crippen LogP contribution in [-0.2, 0) is 4.79 Å². The molecule has 0 unspecified atom stereocenters. The van der Waals surface area contributed by atoms with Gasteiger partial charge >= 0.3 is 6.18 Å². The lowest BCUT2D eigenvalue weighted by Gasteiger charge is -2.40. The Labute approximate surface area is 145 Å². The summed E-state index contributed by atoms with van der Waals surface area (Å²) in [5.74, 6) is -3.94. The molecule has 25 heavy (non-hydrogen) atoms. The summed E-state index contributed by atoms with van der Waals surface area (Å²) in [5, 5.41) is 20.0. The van der Waals surface area contributed by atoms with Gasteiger partial charge in [0.25, 0.3) is 0 Å². The van der Waals surface area contributed by atoms with E-state index in [9.17, 15) is 28.2 Å². The van der Waals surface area contributed by atoms with Crippen molar-refractivity contribution in [1.82, 2.24) is 0 Å². The summed E-state index contributed by atoms with van der Waals surface area (Å²) in [4.78, 5) is 10.6. The summed E-state index contributed by atoms with van der Waals surface area (Å²) >= 11 is 0. The molecule has 1 aliphatic rings. The summed E-state index contributed by atoms with van der Waals surface area (Å²) in [6.45, 7) is 3.48. The number of aliphatic carboxylic acids is 1. The smallest absolute Gasteiger partial charge is 0.423 e. The van der Waals surface area contributed by atoms with Crippen LogP contribution in [0.2, 0.25) is 0 Å². The minimum absolute atomic E-state index is 0.00762. The van der Waals surface area contributed by atoms with Crippen LogP contribution in [0.15, 0.2) is 42.0 Å². The fourth-order valence-electron chi connectivity index (χ4n) is 2.80. The lowest BCUT2D eigenvalue weighted by Crippen LogP contribution is -2.63. The molecule has 140 valence electrons. The van der Waals surface area contributed by atoms with Crippen LogP contribution in [0.5, 0.6) is 0 Å². The molecule has 1 aliphatic carbocycles. The first-order chi connectivity index (χ1) is 11.5. The topological polar surface area (TPSA) is 88.0 Å². The van der Waals surface area contributed by atoms with E-state index in [4.69, 9.17) is 0 Å². The van der Waals surface area contributed by atoms with Crippen LogP contribution in [0.1, 0.15) is 44.7 Å². The van der Waals surface area contributed by atoms with Crippen LogP contribution in [0.3, 0.4) is 0 Å². The number of carboxylic acids is 1. The second kappa shape index (κ2) is 8.49. The van der Waals surface area contributed by atoms with Gasteiger partial charge in [-0.15, -0.1) is 0 Å². The largest absolute Gasteiger partial charge is 0.547 e. The Bertz CT molecular complexity index is 599. The Morgan fingerprint density at radius 2 is 1.88 bits per heavy atom. The Kier molecular flexibility index (Phi) is 7.19. The summed E-state index contributed by atoms with van der Waals surface area (Å²) in [5.41, 5.74) is 1.67. The second-order valence-corrected chi connectivity index (χ2v) is 6.29. The first kappa shape index (κ1) is 21.2. The zero-order valence-corrected chi connectivity index (χ0v) is 14.3. The van der Waals surface area contributed by atoms with Crippen molar-refractivity contribution in [1.29, 1.82) is 0 Å². The van der Waals surface area contributed by atoms with Crippen molar-refractivity contribution < 1.29 is 33.9 Å². The van der Waals surface area contributed by atoms with Gasteiger partial charge in [-0.3, -0.25) is 0 Å². The van der Waals surface area contributed by atoms with Crippen molar-refractivity contribution in [2.75, 3.05) is 0 Å². The molecule has 0 saturated heterocycles. The second-order valence-electron chi connectivity index (χ2n) is 6.29. The summed E-state index contributed by atoms with van der Waals surface area (Å²) in [6, 6.07) is 10.7. The predicted octanol–water partition coefficient (Wildman–Crippen LogP) is 1.77. The van der Waals surface area contributed by atoms with Gasteiger partial charge in [0.1, 0.15) is 6.04 Å². The molecule has 1 aromatic rings. The number of carboxylic acid groups (broad SMARTS) is 1. The van der Waals surface area contributed by atoms with Crippen molar-refractivity contribution >= 4 is 5.97 Å². The number of aliphatic hydroxyl groups is 1. The summed E-state index contributed by atoms with van der Waals surface area (Å²) < 4.78 is 37.8. The normalized spacial score (nSPS) is 21.2. The molecule has 1 aromatic carbocycles. The van der Waals surface area contributed by atoms with Gasteiger partial charge in [0, 0.05) is 11.5 Å². The SMILES string of the molecule is CC1=CCCC[C@H]1[C@@](O)(C(=O)[O-])C(F)(F)F.C[C@H]([NH3+])c1ccccc1. The fraction of sp³-hybridized carbons (Fsp3) is 0.500. The number of benzene rings is 1. The maximum Gasteiger partial charge on any atom is 0.423 e. The Morgan fingerprint density at radius 3 is 2.24 bits per heavy atom. The Balaban J connectivity index is 0.000000293. The highest BCUT2D eigenvalue weighted by Gasteiger charge is 2.60. The first-order valence-corrected chi connectivity index (χ1v) is 8.07. The van der Waals surface area contributed by atoms with Crippen LogP contribution in [0.4, 0.5) is 13.2 Å². The van der Waals surface area contributed by atoms with Crippen LogP contribution >= 0.6 is 0 Å². The van der Waals surface area contributed by atoms with E-state index in [2.05, 4.69) is 24.8 Å². The summed E-state index contributed by atoms with van der Waals surface area (Å²) in [6.07, 6.45) is -2.69. The number of alkyl halides is 3. The fourth-order valence-corrected chi connectivity index (χ4v) is 2.80. The highest BCUT2D eigenvalue weighted by molar-refractivity contribution is 5.77. The van der Waals surface area contributed by atoms with E-state index in [-0.39, 0.29) is 12.0 Å². The molecule has 0 heterocycles. The number of hydrogen-bond donors (Lipinski definition) is 2. The summed E-state index contributed by atoms with van der Waals surface area (Å²) in [7, 11) is 0. The van der Waals surface area contributed by atoms with E-state index in [0.717, 1.165) is 0 Å². The molecule has 0 bridgehead atoms. The van der Waals surface area contributed by atoms with E-state index < -0.39 is 23.7 Å². The van der Waals surface area contributed by atoms with Crippen LogP contribution in [0.25, 0.3) is 0 Å². The molecule has 0 aromatic heterocycles. The number of hydrogen-bond acceptors (Lipinski definition) is 3. The zero-order valence-electron chi connectivity index (χ0n) is 14.3. The molecule has 0 spiro atoms. The van der Waals surface area contributed by atoms with Crippen LogP contribution in [0, 0.1) is 5.92 Å². The molecule has 0 radical (unpaired) electrons. The maximum atomic E-state index is 12.6. The maximum absolute atomic E-state index is 12.6. The highest BCUT2D eigenvalue weighted by atomic mass is 19.4. The third kappa shape index (κ3) is 5.06. The van der Waals surface area contributed by atoms with Gasteiger partial charge in [-0.1, -0.05) is 42.0 Å². The van der Waals surface area contributed by atoms with E-state index in [1.54, 1.807) is 0 Å². The van der Waals surface area contributed by atoms with Gasteiger partial charge in [0.15, 0.2) is 0 Å². The monoisotopic (exact) mass is 359 g/mol. The minimum atomic E-state index is -5.23. The molecule has 0 amide bonds. The van der Waals surface area contributed by atoms with Gasteiger partial charge in [-0.05, 0) is 33.1 Å². The molecule has 0 saturated carbocycles. The molecule has 0 aliphatic heterocycles. The van der Waals surface area contributed by atoms with Gasteiger partial charge in [0.2, 0.25) is 5.60 Å². The van der Waals surface area contributed by atoms with Crippen molar-refractivity contribution in [3.63, 3.8) is 0 Å². The number of quaternary nitrogens is 1. The number of carbonyl (C=O) groups is 1. The van der Waals surface area contributed by atoms with Gasteiger partial charge in [-0.2, -0.15) is 13.2 Å². The predicted molar refractivity (Wildman–Crippen MR) is 84.9 cm³/mol. The van der Waals surface area contributed by atoms with Gasteiger partial charge in [-0.25, -0.2) is 0 Å². The lowest BCUT2D eigenvalue weighted by molar-refractivity contribution is -0.420. The van der Waals surface area contributed by atoms with E-state index in [0.29, 0.717) is 18.9 Å².